The number of nitrogens with one attached hydrogen (secondary N) is 1. The number of ether oxygens (including phenoxy) is 2. The van der Waals surface area contributed by atoms with Gasteiger partial charge in [0.1, 0.15) is 29.4 Å². The van der Waals surface area contributed by atoms with Crippen LogP contribution in [0.4, 0.5) is 17.6 Å². The van der Waals surface area contributed by atoms with Crippen LogP contribution in [0, 0.1) is 25.5 Å². The van der Waals surface area contributed by atoms with Crippen molar-refractivity contribution in [3.63, 3.8) is 0 Å². The fourth-order valence-corrected chi connectivity index (χ4v) is 7.35. The Morgan fingerprint density at radius 3 is 2.17 bits per heavy atom. The lowest BCUT2D eigenvalue weighted by Gasteiger charge is -2.15. The van der Waals surface area contributed by atoms with Gasteiger partial charge in [-0.2, -0.15) is 13.2 Å². The molecule has 6 aromatic rings. The normalized spacial score (nSPS) is 16.4. The first-order chi connectivity index (χ1) is 25.6. The summed E-state index contributed by atoms with van der Waals surface area (Å²) in [5.74, 6) is -2.18. The van der Waals surface area contributed by atoms with Gasteiger partial charge in [0.25, 0.3) is 0 Å². The first-order valence-corrected chi connectivity index (χ1v) is 17.6. The van der Waals surface area contributed by atoms with E-state index in [1.165, 1.54) is 12.1 Å². The van der Waals surface area contributed by atoms with Crippen molar-refractivity contribution in [3.05, 3.63) is 88.5 Å². The van der Waals surface area contributed by atoms with Crippen molar-refractivity contribution >= 4 is 28.2 Å². The van der Waals surface area contributed by atoms with Crippen molar-refractivity contribution < 1.29 is 40.7 Å². The van der Waals surface area contributed by atoms with E-state index in [4.69, 9.17) is 18.3 Å². The lowest BCUT2D eigenvalue weighted by molar-refractivity contribution is -0.147. The number of oxazole rings is 2. The molecule has 0 spiro atoms. The number of alkyl halides is 2. The number of likely N-dealkylation sites (tertiary alicyclic amines) is 1. The van der Waals surface area contributed by atoms with Gasteiger partial charge in [-0.3, -0.25) is 9.69 Å². The molecule has 1 N–H and O–H groups in total. The van der Waals surface area contributed by atoms with Gasteiger partial charge in [-0.05, 0) is 106 Å². The monoisotopic (exact) mass is 728 g/mol. The first kappa shape index (κ1) is 34.8. The zero-order valence-corrected chi connectivity index (χ0v) is 29.1. The van der Waals surface area contributed by atoms with Crippen LogP contribution in [0.1, 0.15) is 47.9 Å². The zero-order chi connectivity index (χ0) is 36.8. The minimum atomic E-state index is -3.11. The van der Waals surface area contributed by atoms with Gasteiger partial charge in [-0.15, -0.1) is 0 Å². The summed E-state index contributed by atoms with van der Waals surface area (Å²) in [7, 11) is 0. The Balaban J connectivity index is 1.11. The summed E-state index contributed by atoms with van der Waals surface area (Å²) < 4.78 is 79.3. The van der Waals surface area contributed by atoms with E-state index >= 15 is 8.78 Å². The second-order valence-corrected chi connectivity index (χ2v) is 13.6. The van der Waals surface area contributed by atoms with Crippen LogP contribution >= 0.6 is 0 Å². The summed E-state index contributed by atoms with van der Waals surface area (Å²) in [4.78, 5) is 23.9. The van der Waals surface area contributed by atoms with E-state index in [9.17, 15) is 13.6 Å². The van der Waals surface area contributed by atoms with E-state index in [0.29, 0.717) is 36.2 Å². The van der Waals surface area contributed by atoms with Crippen molar-refractivity contribution in [2.45, 2.75) is 65.3 Å². The van der Waals surface area contributed by atoms with Crippen LogP contribution in [0.3, 0.4) is 0 Å². The first-order valence-electron chi connectivity index (χ1n) is 17.6. The maximum absolute atomic E-state index is 15.3. The van der Waals surface area contributed by atoms with Gasteiger partial charge < -0.3 is 23.6 Å². The number of benzene rings is 4. The van der Waals surface area contributed by atoms with Crippen LogP contribution in [0.5, 0.6) is 5.75 Å². The third-order valence-corrected chi connectivity index (χ3v) is 10.2. The summed E-state index contributed by atoms with van der Waals surface area (Å²) in [5, 5.41) is 3.06. The standard InChI is InChI=1S/C40H36F4N4O5/c1-21-25(26-9-6-11-28(22(26)2)38-47-31-16-23(19-48-14-3-4-15-48)34(41)35(42)36(31)53-38)8-5-10-27(21)37-46-30-17-24(20-50-39(49)29-12-7-13-45-29)32(52-40(43)44)18-33(30)51-37/h5-6,8-11,16-18,29,40,45H,3-4,7,12-15,19-20H2,1-2H3/t29-/m0/s1. The molecule has 2 aliphatic heterocycles. The third kappa shape index (κ3) is 6.75. The summed E-state index contributed by atoms with van der Waals surface area (Å²) in [6.07, 6.45) is 3.56. The van der Waals surface area contributed by atoms with Crippen LogP contribution in [-0.2, 0) is 22.7 Å². The van der Waals surface area contributed by atoms with Crippen molar-refractivity contribution in [1.29, 1.82) is 0 Å². The minimum Gasteiger partial charge on any atom is -0.460 e. The topological polar surface area (TPSA) is 103 Å². The Bertz CT molecular complexity index is 2340. The molecule has 0 unspecified atom stereocenters. The van der Waals surface area contributed by atoms with Crippen molar-refractivity contribution in [1.82, 2.24) is 20.2 Å². The lowest BCUT2D eigenvalue weighted by Crippen LogP contribution is -2.32. The van der Waals surface area contributed by atoms with Gasteiger partial charge in [0.15, 0.2) is 17.0 Å². The molecule has 0 amide bonds. The fourth-order valence-electron chi connectivity index (χ4n) is 7.35. The van der Waals surface area contributed by atoms with Gasteiger partial charge in [0.2, 0.25) is 17.6 Å². The lowest BCUT2D eigenvalue weighted by atomic mass is 9.91. The van der Waals surface area contributed by atoms with Crippen LogP contribution < -0.4 is 10.1 Å². The summed E-state index contributed by atoms with van der Waals surface area (Å²) >= 11 is 0. The molecule has 274 valence electrons. The number of nitrogens with zero attached hydrogens (tertiary/aromatic N) is 3. The number of rotatable bonds is 10. The SMILES string of the molecule is Cc1c(-c2nc3cc(COC(=O)[C@@H]4CCCN4)c(OC(F)F)cc3o2)cccc1-c1cccc(-c2nc3cc(CN4CCCC4)c(F)c(F)c3o2)c1C. The highest BCUT2D eigenvalue weighted by Crippen LogP contribution is 2.39. The molecular weight excluding hydrogens is 692 g/mol. The molecule has 0 bridgehead atoms. The van der Waals surface area contributed by atoms with E-state index in [2.05, 4.69) is 20.2 Å². The summed E-state index contributed by atoms with van der Waals surface area (Å²) in [5.41, 5.74) is 5.68. The number of carbonyl (C=O) groups excluding carboxylic acids is 1. The molecular formula is C40H36F4N4O5. The number of esters is 1. The molecule has 53 heavy (non-hydrogen) atoms. The quantitative estimate of drug-likeness (QED) is 0.110. The highest BCUT2D eigenvalue weighted by Gasteiger charge is 2.26. The van der Waals surface area contributed by atoms with Gasteiger partial charge in [0, 0.05) is 34.9 Å². The van der Waals surface area contributed by atoms with Crippen LogP contribution in [0.2, 0.25) is 0 Å². The second-order valence-electron chi connectivity index (χ2n) is 13.6. The number of hydrogen-bond donors (Lipinski definition) is 1. The molecule has 1 atom stereocenters. The van der Waals surface area contributed by atoms with E-state index in [1.807, 2.05) is 50.2 Å². The highest BCUT2D eigenvalue weighted by molar-refractivity contribution is 5.85. The van der Waals surface area contributed by atoms with E-state index in [1.54, 1.807) is 6.07 Å². The molecule has 9 nitrogen and oxygen atoms in total. The van der Waals surface area contributed by atoms with Crippen molar-refractivity contribution in [2.24, 2.45) is 0 Å². The average Bonchev–Trinajstić information content (AvgIpc) is 3.97. The van der Waals surface area contributed by atoms with Crippen molar-refractivity contribution in [3.8, 4) is 39.8 Å². The van der Waals surface area contributed by atoms with Crippen LogP contribution in [0.15, 0.2) is 63.4 Å². The third-order valence-electron chi connectivity index (χ3n) is 10.2. The van der Waals surface area contributed by atoms with Crippen molar-refractivity contribution in [2.75, 3.05) is 19.6 Å². The van der Waals surface area contributed by atoms with E-state index in [0.717, 1.165) is 54.6 Å². The highest BCUT2D eigenvalue weighted by atomic mass is 19.3. The smallest absolute Gasteiger partial charge is 0.387 e. The molecule has 2 saturated heterocycles. The summed E-state index contributed by atoms with van der Waals surface area (Å²) in [6, 6.07) is 15.2. The molecule has 2 aliphatic rings. The summed E-state index contributed by atoms with van der Waals surface area (Å²) in [6.45, 7) is 3.15. The fraction of sp³-hybridized carbons (Fsp3) is 0.325. The Morgan fingerprint density at radius 2 is 1.51 bits per heavy atom. The largest absolute Gasteiger partial charge is 0.460 e. The number of hydrogen-bond acceptors (Lipinski definition) is 9. The number of aromatic nitrogens is 2. The predicted octanol–water partition coefficient (Wildman–Crippen LogP) is 8.86. The number of halogens is 4. The molecule has 0 saturated carbocycles. The van der Waals surface area contributed by atoms with E-state index < -0.39 is 30.3 Å². The molecule has 0 radical (unpaired) electrons. The Hall–Kier alpha value is -5.27. The molecule has 8 rings (SSSR count). The maximum atomic E-state index is 15.3. The van der Waals surface area contributed by atoms with E-state index in [-0.39, 0.29) is 51.9 Å². The molecule has 4 aromatic carbocycles. The number of fused-ring (bicyclic) bond motifs is 2. The Kier molecular flexibility index (Phi) is 9.37. The maximum Gasteiger partial charge on any atom is 0.387 e. The zero-order valence-electron chi connectivity index (χ0n) is 29.1. The predicted molar refractivity (Wildman–Crippen MR) is 189 cm³/mol. The Morgan fingerprint density at radius 1 is 0.868 bits per heavy atom. The Labute approximate surface area is 301 Å². The van der Waals surface area contributed by atoms with Gasteiger partial charge >= 0.3 is 12.6 Å². The van der Waals surface area contributed by atoms with Crippen LogP contribution in [0.25, 0.3) is 56.2 Å². The average molecular weight is 729 g/mol. The molecule has 2 fully saturated rings. The van der Waals surface area contributed by atoms with Gasteiger partial charge in [-0.1, -0.05) is 24.3 Å². The molecule has 2 aromatic heterocycles. The molecule has 4 heterocycles. The molecule has 0 aliphatic carbocycles. The van der Waals surface area contributed by atoms with Crippen LogP contribution in [-0.4, -0.2) is 53.1 Å². The molecule has 13 heteroatoms. The van der Waals surface area contributed by atoms with Gasteiger partial charge in [-0.25, -0.2) is 14.4 Å². The number of carbonyl (C=O) groups is 1. The van der Waals surface area contributed by atoms with Gasteiger partial charge in [0.05, 0.1) is 0 Å². The minimum absolute atomic E-state index is 0.173. The second kappa shape index (κ2) is 14.3.